The van der Waals surface area contributed by atoms with Gasteiger partial charge in [-0.25, -0.2) is 0 Å². The van der Waals surface area contributed by atoms with Crippen molar-refractivity contribution in [2.45, 2.75) is 45.4 Å². The Balaban J connectivity index is 2.65. The molecule has 0 aromatic heterocycles. The summed E-state index contributed by atoms with van der Waals surface area (Å²) in [7, 11) is 3.36. The minimum atomic E-state index is -0.112. The van der Waals surface area contributed by atoms with Gasteiger partial charge in [0.25, 0.3) is 0 Å². The highest BCUT2D eigenvalue weighted by molar-refractivity contribution is 5.53. The zero-order valence-electron chi connectivity index (χ0n) is 13.2. The van der Waals surface area contributed by atoms with Gasteiger partial charge in [0.1, 0.15) is 0 Å². The van der Waals surface area contributed by atoms with Crippen molar-refractivity contribution in [1.82, 2.24) is 0 Å². The standard InChI is InChI=1S/C17H26O3/c1-12-9-13(15(20-5)14(10-12)19-4)17(3)8-6-7-16(17,2)11-18/h9-10,18H,6-8,11H2,1-5H3/t16-,17+/m0/s1. The predicted octanol–water partition coefficient (Wildman–Crippen LogP) is 3.45. The van der Waals surface area contributed by atoms with Crippen LogP contribution in [0, 0.1) is 12.3 Å². The molecule has 2 atom stereocenters. The SMILES string of the molecule is COc1cc(C)cc([C@@]2(C)CCC[C@@]2(C)CO)c1OC. The van der Waals surface area contributed by atoms with E-state index in [1.54, 1.807) is 14.2 Å². The van der Waals surface area contributed by atoms with Crippen molar-refractivity contribution in [1.29, 1.82) is 0 Å². The van der Waals surface area contributed by atoms with Crippen molar-refractivity contribution in [3.63, 3.8) is 0 Å². The molecule has 1 saturated carbocycles. The number of aliphatic hydroxyl groups excluding tert-OH is 1. The number of rotatable bonds is 4. The molecule has 3 nitrogen and oxygen atoms in total. The Labute approximate surface area is 121 Å². The molecule has 112 valence electrons. The van der Waals surface area contributed by atoms with Gasteiger partial charge >= 0.3 is 0 Å². The highest BCUT2D eigenvalue weighted by atomic mass is 16.5. The van der Waals surface area contributed by atoms with Gasteiger partial charge in [-0.05, 0) is 31.4 Å². The van der Waals surface area contributed by atoms with Crippen molar-refractivity contribution in [2.75, 3.05) is 20.8 Å². The Morgan fingerprint density at radius 1 is 1.15 bits per heavy atom. The lowest BCUT2D eigenvalue weighted by Crippen LogP contribution is -2.39. The molecule has 0 unspecified atom stereocenters. The number of aliphatic hydroxyl groups is 1. The summed E-state index contributed by atoms with van der Waals surface area (Å²) in [5, 5.41) is 9.91. The van der Waals surface area contributed by atoms with Gasteiger partial charge < -0.3 is 14.6 Å². The molecule has 3 heteroatoms. The Morgan fingerprint density at radius 2 is 1.85 bits per heavy atom. The first-order valence-corrected chi connectivity index (χ1v) is 7.26. The molecule has 0 bridgehead atoms. The van der Waals surface area contributed by atoms with Crippen LogP contribution in [-0.2, 0) is 5.41 Å². The molecule has 1 aliphatic carbocycles. The Hall–Kier alpha value is -1.22. The molecule has 0 amide bonds. The van der Waals surface area contributed by atoms with Crippen LogP contribution in [0.3, 0.4) is 0 Å². The van der Waals surface area contributed by atoms with Crippen molar-refractivity contribution >= 4 is 0 Å². The molecule has 1 N–H and O–H groups in total. The second kappa shape index (κ2) is 5.28. The Bertz CT molecular complexity index is 497. The monoisotopic (exact) mass is 278 g/mol. The number of ether oxygens (including phenoxy) is 2. The van der Waals surface area contributed by atoms with Gasteiger partial charge in [0.15, 0.2) is 11.5 Å². The average molecular weight is 278 g/mol. The van der Waals surface area contributed by atoms with Crippen LogP contribution in [0.5, 0.6) is 11.5 Å². The summed E-state index contributed by atoms with van der Waals surface area (Å²) in [5.74, 6) is 1.58. The molecule has 1 aliphatic rings. The maximum absolute atomic E-state index is 9.91. The van der Waals surface area contributed by atoms with Crippen LogP contribution < -0.4 is 9.47 Å². The van der Waals surface area contributed by atoms with Gasteiger partial charge in [0.05, 0.1) is 14.2 Å². The quantitative estimate of drug-likeness (QED) is 0.916. The lowest BCUT2D eigenvalue weighted by Gasteiger charge is -2.41. The maximum Gasteiger partial charge on any atom is 0.164 e. The highest BCUT2D eigenvalue weighted by Gasteiger charge is 2.50. The molecule has 1 aromatic rings. The van der Waals surface area contributed by atoms with Crippen LogP contribution in [0.25, 0.3) is 0 Å². The fraction of sp³-hybridized carbons (Fsp3) is 0.647. The van der Waals surface area contributed by atoms with Gasteiger partial charge in [-0.15, -0.1) is 0 Å². The number of benzene rings is 1. The second-order valence-corrected chi connectivity index (χ2v) is 6.45. The minimum Gasteiger partial charge on any atom is -0.493 e. The molecule has 0 aliphatic heterocycles. The van der Waals surface area contributed by atoms with E-state index in [0.717, 1.165) is 41.9 Å². The van der Waals surface area contributed by atoms with Crippen molar-refractivity contribution in [3.05, 3.63) is 23.3 Å². The Morgan fingerprint density at radius 3 is 2.40 bits per heavy atom. The van der Waals surface area contributed by atoms with E-state index in [4.69, 9.17) is 9.47 Å². The molecule has 0 heterocycles. The number of aryl methyl sites for hydroxylation is 1. The smallest absolute Gasteiger partial charge is 0.164 e. The summed E-state index contributed by atoms with van der Waals surface area (Å²) in [4.78, 5) is 0. The van der Waals surface area contributed by atoms with E-state index >= 15 is 0 Å². The van der Waals surface area contributed by atoms with E-state index in [9.17, 15) is 5.11 Å². The van der Waals surface area contributed by atoms with Crippen LogP contribution in [0.4, 0.5) is 0 Å². The lowest BCUT2D eigenvalue weighted by atomic mass is 9.64. The number of hydrogen-bond donors (Lipinski definition) is 1. The summed E-state index contributed by atoms with van der Waals surface area (Å²) >= 11 is 0. The van der Waals surface area contributed by atoms with E-state index in [0.29, 0.717) is 0 Å². The molecule has 1 aromatic carbocycles. The van der Waals surface area contributed by atoms with Gasteiger partial charge in [-0.2, -0.15) is 0 Å². The second-order valence-electron chi connectivity index (χ2n) is 6.45. The molecular weight excluding hydrogens is 252 g/mol. The van der Waals surface area contributed by atoms with Crippen molar-refractivity contribution in [2.24, 2.45) is 5.41 Å². The molecule has 0 saturated heterocycles. The summed E-state index contributed by atoms with van der Waals surface area (Å²) in [5.41, 5.74) is 2.11. The van der Waals surface area contributed by atoms with Gasteiger partial charge in [-0.3, -0.25) is 0 Å². The maximum atomic E-state index is 9.91. The van der Waals surface area contributed by atoms with E-state index in [1.807, 2.05) is 6.07 Å². The van der Waals surface area contributed by atoms with Crippen LogP contribution >= 0.6 is 0 Å². The van der Waals surface area contributed by atoms with E-state index in [2.05, 4.69) is 26.8 Å². The largest absolute Gasteiger partial charge is 0.493 e. The molecule has 2 rings (SSSR count). The lowest BCUT2D eigenvalue weighted by molar-refractivity contribution is 0.0844. The third-order valence-electron chi connectivity index (χ3n) is 5.30. The minimum absolute atomic E-state index is 0.0909. The summed E-state index contributed by atoms with van der Waals surface area (Å²) in [6.45, 7) is 6.68. The fourth-order valence-corrected chi connectivity index (χ4v) is 3.64. The molecule has 20 heavy (non-hydrogen) atoms. The first-order valence-electron chi connectivity index (χ1n) is 7.26. The first-order chi connectivity index (χ1) is 9.41. The van der Waals surface area contributed by atoms with Crippen molar-refractivity contribution < 1.29 is 14.6 Å². The topological polar surface area (TPSA) is 38.7 Å². The zero-order chi connectivity index (χ0) is 15.0. The highest BCUT2D eigenvalue weighted by Crippen LogP contribution is 2.57. The van der Waals surface area contributed by atoms with Crippen LogP contribution in [0.2, 0.25) is 0 Å². The van der Waals surface area contributed by atoms with E-state index in [1.165, 1.54) is 0 Å². The van der Waals surface area contributed by atoms with Crippen LogP contribution in [-0.4, -0.2) is 25.9 Å². The predicted molar refractivity (Wildman–Crippen MR) is 80.7 cm³/mol. The van der Waals surface area contributed by atoms with Crippen molar-refractivity contribution in [3.8, 4) is 11.5 Å². The number of methoxy groups -OCH3 is 2. The Kier molecular flexibility index (Phi) is 4.01. The average Bonchev–Trinajstić information content (AvgIpc) is 2.75. The normalized spacial score (nSPS) is 29.5. The summed E-state index contributed by atoms with van der Waals surface area (Å²) in [6, 6.07) is 4.18. The third-order valence-corrected chi connectivity index (χ3v) is 5.30. The molecule has 0 radical (unpaired) electrons. The third kappa shape index (κ3) is 2.08. The van der Waals surface area contributed by atoms with Crippen LogP contribution in [0.15, 0.2) is 12.1 Å². The fourth-order valence-electron chi connectivity index (χ4n) is 3.64. The molecular formula is C17H26O3. The summed E-state index contributed by atoms with van der Waals surface area (Å²) in [6.07, 6.45) is 3.24. The van der Waals surface area contributed by atoms with E-state index in [-0.39, 0.29) is 17.4 Å². The van der Waals surface area contributed by atoms with E-state index < -0.39 is 0 Å². The van der Waals surface area contributed by atoms with Gasteiger partial charge in [0.2, 0.25) is 0 Å². The van der Waals surface area contributed by atoms with Gasteiger partial charge in [-0.1, -0.05) is 26.3 Å². The first kappa shape index (κ1) is 15.2. The summed E-state index contributed by atoms with van der Waals surface area (Å²) < 4.78 is 11.1. The number of hydrogen-bond acceptors (Lipinski definition) is 3. The molecule has 1 fully saturated rings. The zero-order valence-corrected chi connectivity index (χ0v) is 13.2. The van der Waals surface area contributed by atoms with Crippen LogP contribution in [0.1, 0.15) is 44.2 Å². The van der Waals surface area contributed by atoms with Gasteiger partial charge in [0, 0.05) is 23.0 Å². The molecule has 0 spiro atoms.